The van der Waals surface area contributed by atoms with E-state index in [4.69, 9.17) is 11.5 Å². The molecule has 4 N–H and O–H groups in total. The second-order valence-corrected chi connectivity index (χ2v) is 5.40. The van der Waals surface area contributed by atoms with Crippen LogP contribution in [-0.4, -0.2) is 25.2 Å². The van der Waals surface area contributed by atoms with Crippen LogP contribution in [0, 0.1) is 5.41 Å². The number of aryl methyl sites for hydroxylation is 2. The van der Waals surface area contributed by atoms with Crippen LogP contribution < -0.4 is 11.5 Å². The standard InChI is InChI=1S/C12H20N6O/c1-5-7-8-9(17(4)16-7)18(11(14)15-8)6-12(2,3)10(13)19/h5-6H2,1-4H3,(H2,13,19)(H2,14,15). The van der Waals surface area contributed by atoms with Crippen molar-refractivity contribution in [2.24, 2.45) is 18.2 Å². The first-order valence-electron chi connectivity index (χ1n) is 6.25. The SMILES string of the molecule is CCc1nn(C)c2c1nc(N)n2CC(C)(C)C(N)=O. The zero-order chi connectivity index (χ0) is 14.4. The first kappa shape index (κ1) is 13.4. The highest BCUT2D eigenvalue weighted by Gasteiger charge is 2.28. The number of aromatic nitrogens is 4. The summed E-state index contributed by atoms with van der Waals surface area (Å²) >= 11 is 0. The number of carbonyl (C=O) groups is 1. The molecule has 0 aromatic carbocycles. The van der Waals surface area contributed by atoms with E-state index in [1.165, 1.54) is 0 Å². The fraction of sp³-hybridized carbons (Fsp3) is 0.583. The number of nitrogens with two attached hydrogens (primary N) is 2. The van der Waals surface area contributed by atoms with E-state index in [0.717, 1.165) is 23.3 Å². The molecule has 0 atom stereocenters. The molecular weight excluding hydrogens is 244 g/mol. The molecule has 104 valence electrons. The molecule has 0 aliphatic heterocycles. The van der Waals surface area contributed by atoms with Gasteiger partial charge in [-0.05, 0) is 20.3 Å². The van der Waals surface area contributed by atoms with Gasteiger partial charge in [0.15, 0.2) is 5.65 Å². The van der Waals surface area contributed by atoms with Crippen LogP contribution in [-0.2, 0) is 24.8 Å². The molecule has 0 unspecified atom stereocenters. The molecule has 2 aromatic rings. The van der Waals surface area contributed by atoms with Crippen LogP contribution in [0.5, 0.6) is 0 Å². The van der Waals surface area contributed by atoms with Gasteiger partial charge in [-0.25, -0.2) is 4.98 Å². The molecule has 0 saturated carbocycles. The fourth-order valence-corrected chi connectivity index (χ4v) is 2.13. The highest BCUT2D eigenvalue weighted by atomic mass is 16.1. The van der Waals surface area contributed by atoms with Crippen molar-refractivity contribution in [2.45, 2.75) is 33.7 Å². The number of carbonyl (C=O) groups excluding carboxylic acids is 1. The molecule has 0 fully saturated rings. The summed E-state index contributed by atoms with van der Waals surface area (Å²) in [4.78, 5) is 15.8. The number of primary amides is 1. The Morgan fingerprint density at radius 2 is 2.05 bits per heavy atom. The highest BCUT2D eigenvalue weighted by molar-refractivity contribution is 5.81. The minimum absolute atomic E-state index is 0.369. The van der Waals surface area contributed by atoms with Crippen LogP contribution in [0.4, 0.5) is 5.95 Å². The fourth-order valence-electron chi connectivity index (χ4n) is 2.13. The average Bonchev–Trinajstić information content (AvgIpc) is 2.78. The quantitative estimate of drug-likeness (QED) is 0.835. The van der Waals surface area contributed by atoms with Crippen molar-refractivity contribution < 1.29 is 4.79 Å². The Balaban J connectivity index is 2.58. The van der Waals surface area contributed by atoms with Crippen molar-refractivity contribution in [3.05, 3.63) is 5.69 Å². The van der Waals surface area contributed by atoms with Gasteiger partial charge in [-0.15, -0.1) is 0 Å². The lowest BCUT2D eigenvalue weighted by Crippen LogP contribution is -2.35. The maximum Gasteiger partial charge on any atom is 0.224 e. The first-order chi connectivity index (χ1) is 8.77. The van der Waals surface area contributed by atoms with E-state index >= 15 is 0 Å². The summed E-state index contributed by atoms with van der Waals surface area (Å²) in [5, 5.41) is 4.41. The van der Waals surface area contributed by atoms with Gasteiger partial charge in [0.1, 0.15) is 5.52 Å². The average molecular weight is 264 g/mol. The predicted octanol–water partition coefficient (Wildman–Crippen LogP) is 0.426. The molecule has 0 saturated heterocycles. The number of rotatable bonds is 4. The Bertz CT molecular complexity index is 636. The van der Waals surface area contributed by atoms with Gasteiger partial charge in [0.25, 0.3) is 0 Å². The molecular formula is C12H20N6O. The van der Waals surface area contributed by atoms with Gasteiger partial charge in [0.2, 0.25) is 11.9 Å². The van der Waals surface area contributed by atoms with E-state index in [0.29, 0.717) is 12.5 Å². The lowest BCUT2D eigenvalue weighted by atomic mass is 9.92. The second kappa shape index (κ2) is 4.25. The number of fused-ring (bicyclic) bond motifs is 1. The summed E-state index contributed by atoms with van der Waals surface area (Å²) in [5.41, 5.74) is 13.2. The molecule has 0 aliphatic rings. The zero-order valence-corrected chi connectivity index (χ0v) is 11.8. The smallest absolute Gasteiger partial charge is 0.224 e. The van der Waals surface area contributed by atoms with Crippen LogP contribution in [0.3, 0.4) is 0 Å². The lowest BCUT2D eigenvalue weighted by molar-refractivity contribution is -0.126. The van der Waals surface area contributed by atoms with Crippen molar-refractivity contribution in [1.29, 1.82) is 0 Å². The first-order valence-corrected chi connectivity index (χ1v) is 6.25. The Morgan fingerprint density at radius 3 is 2.58 bits per heavy atom. The predicted molar refractivity (Wildman–Crippen MR) is 73.3 cm³/mol. The van der Waals surface area contributed by atoms with Gasteiger partial charge < -0.3 is 11.5 Å². The molecule has 0 aliphatic carbocycles. The summed E-state index contributed by atoms with van der Waals surface area (Å²) in [5.74, 6) is 0.0126. The van der Waals surface area contributed by atoms with Crippen molar-refractivity contribution in [2.75, 3.05) is 5.73 Å². The number of nitrogen functional groups attached to an aromatic ring is 1. The third-order valence-corrected chi connectivity index (χ3v) is 3.38. The number of amides is 1. The van der Waals surface area contributed by atoms with Crippen molar-refractivity contribution in [1.82, 2.24) is 19.3 Å². The lowest BCUT2D eigenvalue weighted by Gasteiger charge is -2.21. The summed E-state index contributed by atoms with van der Waals surface area (Å²) in [6.07, 6.45) is 0.785. The van der Waals surface area contributed by atoms with Crippen LogP contribution in [0.25, 0.3) is 11.2 Å². The van der Waals surface area contributed by atoms with Crippen molar-refractivity contribution >= 4 is 23.0 Å². The third-order valence-electron chi connectivity index (χ3n) is 3.38. The van der Waals surface area contributed by atoms with Gasteiger partial charge in [0, 0.05) is 13.6 Å². The number of nitrogens with zero attached hydrogens (tertiary/aromatic N) is 4. The van der Waals surface area contributed by atoms with Crippen LogP contribution >= 0.6 is 0 Å². The Morgan fingerprint density at radius 1 is 1.42 bits per heavy atom. The molecule has 0 spiro atoms. The second-order valence-electron chi connectivity index (χ2n) is 5.40. The van der Waals surface area contributed by atoms with Crippen LogP contribution in [0.2, 0.25) is 0 Å². The molecule has 7 nitrogen and oxygen atoms in total. The molecule has 2 rings (SSSR count). The molecule has 7 heteroatoms. The minimum atomic E-state index is -0.696. The van der Waals surface area contributed by atoms with E-state index in [1.807, 2.05) is 14.0 Å². The minimum Gasteiger partial charge on any atom is -0.369 e. The molecule has 0 radical (unpaired) electrons. The number of hydrogen-bond donors (Lipinski definition) is 2. The monoisotopic (exact) mass is 264 g/mol. The maximum absolute atomic E-state index is 11.5. The molecule has 0 bridgehead atoms. The van der Waals surface area contributed by atoms with Gasteiger partial charge in [0.05, 0.1) is 11.1 Å². The summed E-state index contributed by atoms with van der Waals surface area (Å²) in [6, 6.07) is 0. The van der Waals surface area contributed by atoms with E-state index in [-0.39, 0.29) is 5.91 Å². The van der Waals surface area contributed by atoms with E-state index in [2.05, 4.69) is 10.1 Å². The molecule has 1 amide bonds. The normalized spacial score (nSPS) is 12.2. The van der Waals surface area contributed by atoms with Gasteiger partial charge in [-0.3, -0.25) is 14.0 Å². The highest BCUT2D eigenvalue weighted by Crippen LogP contribution is 2.26. The van der Waals surface area contributed by atoms with Crippen molar-refractivity contribution in [3.63, 3.8) is 0 Å². The maximum atomic E-state index is 11.5. The van der Waals surface area contributed by atoms with Crippen LogP contribution in [0.1, 0.15) is 26.5 Å². The molecule has 2 heterocycles. The van der Waals surface area contributed by atoms with E-state index < -0.39 is 5.41 Å². The van der Waals surface area contributed by atoms with Crippen LogP contribution in [0.15, 0.2) is 0 Å². The number of anilines is 1. The zero-order valence-electron chi connectivity index (χ0n) is 11.8. The summed E-state index contributed by atoms with van der Waals surface area (Å²) in [7, 11) is 1.84. The van der Waals surface area contributed by atoms with E-state index in [9.17, 15) is 4.79 Å². The largest absolute Gasteiger partial charge is 0.369 e. The summed E-state index contributed by atoms with van der Waals surface area (Å²) < 4.78 is 3.54. The topological polar surface area (TPSA) is 105 Å². The Hall–Kier alpha value is -2.05. The van der Waals surface area contributed by atoms with Crippen molar-refractivity contribution in [3.8, 4) is 0 Å². The summed E-state index contributed by atoms with van der Waals surface area (Å²) in [6.45, 7) is 5.98. The third kappa shape index (κ3) is 2.05. The van der Waals surface area contributed by atoms with Gasteiger partial charge >= 0.3 is 0 Å². The molecule has 2 aromatic heterocycles. The van der Waals surface area contributed by atoms with E-state index in [1.54, 1.807) is 23.1 Å². The van der Waals surface area contributed by atoms with Gasteiger partial charge in [-0.1, -0.05) is 6.92 Å². The number of hydrogen-bond acceptors (Lipinski definition) is 4. The Labute approximate surface area is 111 Å². The molecule has 19 heavy (non-hydrogen) atoms. The van der Waals surface area contributed by atoms with Gasteiger partial charge in [-0.2, -0.15) is 5.10 Å². The Kier molecular flexibility index (Phi) is 3.00. The number of imidazole rings is 1.